The summed E-state index contributed by atoms with van der Waals surface area (Å²) in [6.45, 7) is 7.97. The van der Waals surface area contributed by atoms with Gasteiger partial charge in [0.25, 0.3) is 0 Å². The number of piperidine rings is 1. The van der Waals surface area contributed by atoms with Gasteiger partial charge in [0.05, 0.1) is 0 Å². The molecule has 5 nitrogen and oxygen atoms in total. The van der Waals surface area contributed by atoms with Gasteiger partial charge in [0.15, 0.2) is 0 Å². The first-order valence-corrected chi connectivity index (χ1v) is 8.78. The highest BCUT2D eigenvalue weighted by molar-refractivity contribution is 5.76. The standard InChI is InChI=1S/C19H26N4O/c1-14(2)12-18(24)22-10-6-17(7-11-22)23-15(3)13-21-19(23)16-4-8-20-9-5-16/h4-5,8-9,13-14,17H,6-7,10-12H2,1-3H3. The molecule has 0 saturated carbocycles. The molecule has 1 fully saturated rings. The number of pyridine rings is 1. The Morgan fingerprint density at radius 1 is 1.25 bits per heavy atom. The fourth-order valence-corrected chi connectivity index (χ4v) is 3.47. The quantitative estimate of drug-likeness (QED) is 0.864. The van der Waals surface area contributed by atoms with Crippen LogP contribution in [0.2, 0.25) is 0 Å². The van der Waals surface area contributed by atoms with Gasteiger partial charge in [-0.25, -0.2) is 4.98 Å². The first kappa shape index (κ1) is 16.7. The molecule has 0 N–H and O–H groups in total. The van der Waals surface area contributed by atoms with Crippen molar-refractivity contribution >= 4 is 5.91 Å². The molecule has 0 atom stereocenters. The van der Waals surface area contributed by atoms with E-state index >= 15 is 0 Å². The Morgan fingerprint density at radius 2 is 1.92 bits per heavy atom. The lowest BCUT2D eigenvalue weighted by Gasteiger charge is -2.34. The van der Waals surface area contributed by atoms with E-state index in [1.807, 2.05) is 23.2 Å². The van der Waals surface area contributed by atoms with Crippen molar-refractivity contribution in [3.63, 3.8) is 0 Å². The molecule has 5 heteroatoms. The third-order valence-electron chi connectivity index (χ3n) is 4.69. The molecule has 0 aromatic carbocycles. The fraction of sp³-hybridized carbons (Fsp3) is 0.526. The minimum atomic E-state index is 0.292. The molecule has 0 radical (unpaired) electrons. The molecule has 1 aliphatic heterocycles. The number of aromatic nitrogens is 3. The monoisotopic (exact) mass is 326 g/mol. The van der Waals surface area contributed by atoms with E-state index in [0.29, 0.717) is 24.3 Å². The van der Waals surface area contributed by atoms with Crippen LogP contribution in [0, 0.1) is 12.8 Å². The molecule has 1 saturated heterocycles. The lowest BCUT2D eigenvalue weighted by atomic mass is 10.0. The van der Waals surface area contributed by atoms with Crippen molar-refractivity contribution in [2.75, 3.05) is 13.1 Å². The highest BCUT2D eigenvalue weighted by atomic mass is 16.2. The second-order valence-corrected chi connectivity index (χ2v) is 7.04. The molecule has 2 aromatic rings. The Morgan fingerprint density at radius 3 is 2.54 bits per heavy atom. The zero-order chi connectivity index (χ0) is 17.1. The predicted octanol–water partition coefficient (Wildman–Crippen LogP) is 3.46. The van der Waals surface area contributed by atoms with Crippen LogP contribution >= 0.6 is 0 Å². The van der Waals surface area contributed by atoms with E-state index in [0.717, 1.165) is 37.3 Å². The number of nitrogens with zero attached hydrogens (tertiary/aromatic N) is 4. The number of hydrogen-bond acceptors (Lipinski definition) is 3. The summed E-state index contributed by atoms with van der Waals surface area (Å²) < 4.78 is 2.33. The molecule has 128 valence electrons. The van der Waals surface area contributed by atoms with Crippen LogP contribution in [0.5, 0.6) is 0 Å². The number of imidazole rings is 1. The van der Waals surface area contributed by atoms with Gasteiger partial charge in [0.1, 0.15) is 5.82 Å². The smallest absolute Gasteiger partial charge is 0.222 e. The van der Waals surface area contributed by atoms with Crippen molar-refractivity contribution < 1.29 is 4.79 Å². The number of amides is 1. The van der Waals surface area contributed by atoms with E-state index in [2.05, 4.69) is 35.3 Å². The summed E-state index contributed by atoms with van der Waals surface area (Å²) in [4.78, 5) is 23.0. The normalized spacial score (nSPS) is 15.9. The zero-order valence-corrected chi connectivity index (χ0v) is 14.8. The van der Waals surface area contributed by atoms with Crippen LogP contribution in [0.1, 0.15) is 44.8 Å². The number of hydrogen-bond donors (Lipinski definition) is 0. The number of aryl methyl sites for hydroxylation is 1. The molecule has 1 aliphatic rings. The molecule has 24 heavy (non-hydrogen) atoms. The second kappa shape index (κ2) is 7.16. The average Bonchev–Trinajstić information content (AvgIpc) is 2.97. The van der Waals surface area contributed by atoms with Gasteiger partial charge in [-0.3, -0.25) is 9.78 Å². The lowest BCUT2D eigenvalue weighted by molar-refractivity contribution is -0.133. The molecule has 3 rings (SSSR count). The SMILES string of the molecule is Cc1cnc(-c2ccncc2)n1C1CCN(C(=O)CC(C)C)CC1. The van der Waals surface area contributed by atoms with Crippen LogP contribution in [-0.2, 0) is 4.79 Å². The van der Waals surface area contributed by atoms with Crippen molar-refractivity contribution in [1.82, 2.24) is 19.4 Å². The molecule has 0 aliphatic carbocycles. The Balaban J connectivity index is 1.74. The van der Waals surface area contributed by atoms with Gasteiger partial charge < -0.3 is 9.47 Å². The van der Waals surface area contributed by atoms with Crippen LogP contribution in [0.4, 0.5) is 0 Å². The van der Waals surface area contributed by atoms with Gasteiger partial charge in [-0.05, 0) is 37.8 Å². The van der Waals surface area contributed by atoms with Gasteiger partial charge in [-0.1, -0.05) is 13.8 Å². The van der Waals surface area contributed by atoms with Crippen LogP contribution in [0.25, 0.3) is 11.4 Å². The maximum absolute atomic E-state index is 12.3. The summed E-state index contributed by atoms with van der Waals surface area (Å²) >= 11 is 0. The minimum Gasteiger partial charge on any atom is -0.343 e. The van der Waals surface area contributed by atoms with Crippen LogP contribution in [0.3, 0.4) is 0 Å². The molecule has 0 spiro atoms. The molecule has 3 heterocycles. The molecule has 0 unspecified atom stereocenters. The molecular formula is C19H26N4O. The van der Waals surface area contributed by atoms with E-state index in [9.17, 15) is 4.79 Å². The highest BCUT2D eigenvalue weighted by Crippen LogP contribution is 2.30. The average molecular weight is 326 g/mol. The summed E-state index contributed by atoms with van der Waals surface area (Å²) in [5, 5.41) is 0. The van der Waals surface area contributed by atoms with Crippen molar-refractivity contribution in [2.24, 2.45) is 5.92 Å². The van der Waals surface area contributed by atoms with E-state index in [-0.39, 0.29) is 0 Å². The topological polar surface area (TPSA) is 51.0 Å². The van der Waals surface area contributed by atoms with Crippen LogP contribution in [-0.4, -0.2) is 38.4 Å². The van der Waals surface area contributed by atoms with Gasteiger partial charge in [-0.2, -0.15) is 0 Å². The second-order valence-electron chi connectivity index (χ2n) is 7.04. The zero-order valence-electron chi connectivity index (χ0n) is 14.8. The van der Waals surface area contributed by atoms with Gasteiger partial charge in [-0.15, -0.1) is 0 Å². The highest BCUT2D eigenvalue weighted by Gasteiger charge is 2.26. The van der Waals surface area contributed by atoms with E-state index in [1.54, 1.807) is 12.4 Å². The first-order chi connectivity index (χ1) is 11.6. The number of carbonyl (C=O) groups excluding carboxylic acids is 1. The van der Waals surface area contributed by atoms with E-state index in [1.165, 1.54) is 5.69 Å². The number of rotatable bonds is 4. The number of carbonyl (C=O) groups is 1. The van der Waals surface area contributed by atoms with Crippen molar-refractivity contribution in [1.29, 1.82) is 0 Å². The van der Waals surface area contributed by atoms with Crippen molar-refractivity contribution in [3.05, 3.63) is 36.4 Å². The third kappa shape index (κ3) is 3.50. The largest absolute Gasteiger partial charge is 0.343 e. The molecule has 0 bridgehead atoms. The minimum absolute atomic E-state index is 0.292. The summed E-state index contributed by atoms with van der Waals surface area (Å²) in [6, 6.07) is 4.40. The Bertz CT molecular complexity index is 685. The van der Waals surface area contributed by atoms with Gasteiger partial charge >= 0.3 is 0 Å². The summed E-state index contributed by atoms with van der Waals surface area (Å²) in [5.74, 6) is 1.71. The molecular weight excluding hydrogens is 300 g/mol. The maximum atomic E-state index is 12.3. The van der Waals surface area contributed by atoms with E-state index < -0.39 is 0 Å². The van der Waals surface area contributed by atoms with Gasteiger partial charge in [0, 0.05) is 55.4 Å². The summed E-state index contributed by atoms with van der Waals surface area (Å²) in [7, 11) is 0. The summed E-state index contributed by atoms with van der Waals surface area (Å²) in [5.41, 5.74) is 2.27. The Kier molecular flexibility index (Phi) is 4.97. The first-order valence-electron chi connectivity index (χ1n) is 8.78. The fourth-order valence-electron chi connectivity index (χ4n) is 3.47. The Labute approximate surface area is 143 Å². The van der Waals surface area contributed by atoms with Crippen LogP contribution < -0.4 is 0 Å². The molecule has 1 amide bonds. The third-order valence-corrected chi connectivity index (χ3v) is 4.69. The number of likely N-dealkylation sites (tertiary alicyclic amines) is 1. The maximum Gasteiger partial charge on any atom is 0.222 e. The van der Waals surface area contributed by atoms with Crippen molar-refractivity contribution in [3.8, 4) is 11.4 Å². The van der Waals surface area contributed by atoms with Gasteiger partial charge in [0.2, 0.25) is 5.91 Å². The molecule has 2 aromatic heterocycles. The van der Waals surface area contributed by atoms with E-state index in [4.69, 9.17) is 0 Å². The summed E-state index contributed by atoms with van der Waals surface area (Å²) in [6.07, 6.45) is 8.16. The van der Waals surface area contributed by atoms with Crippen LogP contribution in [0.15, 0.2) is 30.7 Å². The Hall–Kier alpha value is -2.17. The lowest BCUT2D eigenvalue weighted by Crippen LogP contribution is -2.39. The van der Waals surface area contributed by atoms with Crippen molar-refractivity contribution in [2.45, 2.75) is 46.1 Å². The predicted molar refractivity (Wildman–Crippen MR) is 94.5 cm³/mol.